The van der Waals surface area contributed by atoms with Crippen molar-refractivity contribution in [2.75, 3.05) is 13.2 Å². The Kier molecular flexibility index (Phi) is 4.21. The molecule has 0 saturated carbocycles. The van der Waals surface area contributed by atoms with Gasteiger partial charge in [0.05, 0.1) is 6.33 Å². The van der Waals surface area contributed by atoms with Crippen molar-refractivity contribution in [3.63, 3.8) is 0 Å². The molecule has 2 N–H and O–H groups in total. The summed E-state index contributed by atoms with van der Waals surface area (Å²) < 4.78 is 5.48. The summed E-state index contributed by atoms with van der Waals surface area (Å²) in [5, 5.41) is 2.78. The number of carbonyl (C=O) groups excluding carboxylic acids is 1. The normalized spacial score (nSPS) is 12.5. The van der Waals surface area contributed by atoms with E-state index in [4.69, 9.17) is 4.74 Å². The van der Waals surface area contributed by atoms with E-state index in [1.807, 2.05) is 24.3 Å². The van der Waals surface area contributed by atoms with Crippen LogP contribution < -0.4 is 5.32 Å². The van der Waals surface area contributed by atoms with Crippen molar-refractivity contribution in [1.29, 1.82) is 0 Å². The maximum atomic E-state index is 12.0. The second-order valence-electron chi connectivity index (χ2n) is 6.08. The Morgan fingerprint density at radius 2 is 1.76 bits per heavy atom. The van der Waals surface area contributed by atoms with E-state index in [2.05, 4.69) is 39.6 Å². The largest absolute Gasteiger partial charge is 0.449 e. The minimum Gasteiger partial charge on any atom is -0.449 e. The van der Waals surface area contributed by atoms with Gasteiger partial charge in [-0.15, -0.1) is 0 Å². The molecule has 0 aliphatic heterocycles. The number of aromatic nitrogens is 2. The van der Waals surface area contributed by atoms with Crippen molar-refractivity contribution in [2.24, 2.45) is 0 Å². The zero-order valence-corrected chi connectivity index (χ0v) is 13.7. The van der Waals surface area contributed by atoms with Crippen molar-refractivity contribution in [1.82, 2.24) is 15.3 Å². The molecular weight excluding hydrogens is 314 g/mol. The van der Waals surface area contributed by atoms with Crippen LogP contribution in [0.4, 0.5) is 4.79 Å². The third-order valence-corrected chi connectivity index (χ3v) is 4.56. The van der Waals surface area contributed by atoms with Crippen LogP contribution in [0.2, 0.25) is 0 Å². The van der Waals surface area contributed by atoms with Gasteiger partial charge in [0.25, 0.3) is 0 Å². The Morgan fingerprint density at radius 3 is 2.40 bits per heavy atom. The molecule has 0 spiro atoms. The number of benzene rings is 2. The number of imidazole rings is 1. The van der Waals surface area contributed by atoms with Crippen LogP contribution in [0.15, 0.2) is 61.1 Å². The maximum absolute atomic E-state index is 12.0. The number of fused-ring (bicyclic) bond motifs is 3. The lowest BCUT2D eigenvalue weighted by Gasteiger charge is -2.14. The highest BCUT2D eigenvalue weighted by molar-refractivity contribution is 5.79. The molecule has 126 valence electrons. The summed E-state index contributed by atoms with van der Waals surface area (Å²) in [6.45, 7) is 0.850. The first kappa shape index (κ1) is 15.4. The fourth-order valence-electron chi connectivity index (χ4n) is 3.37. The van der Waals surface area contributed by atoms with Crippen molar-refractivity contribution < 1.29 is 9.53 Å². The van der Waals surface area contributed by atoms with Gasteiger partial charge in [0.2, 0.25) is 0 Å². The predicted molar refractivity (Wildman–Crippen MR) is 95.4 cm³/mol. The molecule has 1 aliphatic carbocycles. The fourth-order valence-corrected chi connectivity index (χ4v) is 3.37. The van der Waals surface area contributed by atoms with Crippen molar-refractivity contribution in [2.45, 2.75) is 12.3 Å². The van der Waals surface area contributed by atoms with Crippen LogP contribution in [0.25, 0.3) is 11.1 Å². The lowest BCUT2D eigenvalue weighted by Crippen LogP contribution is -2.28. The van der Waals surface area contributed by atoms with E-state index < -0.39 is 0 Å². The van der Waals surface area contributed by atoms with Gasteiger partial charge in [-0.3, -0.25) is 0 Å². The molecule has 3 aromatic rings. The summed E-state index contributed by atoms with van der Waals surface area (Å²) in [7, 11) is 0. The third-order valence-electron chi connectivity index (χ3n) is 4.56. The number of carbonyl (C=O) groups is 1. The smallest absolute Gasteiger partial charge is 0.407 e. The van der Waals surface area contributed by atoms with Crippen LogP contribution in [0.3, 0.4) is 0 Å². The van der Waals surface area contributed by atoms with Crippen LogP contribution in [0.1, 0.15) is 22.7 Å². The van der Waals surface area contributed by atoms with E-state index in [0.717, 1.165) is 5.69 Å². The number of hydrogen-bond donors (Lipinski definition) is 2. The van der Waals surface area contributed by atoms with Gasteiger partial charge >= 0.3 is 6.09 Å². The molecule has 5 nitrogen and oxygen atoms in total. The molecule has 0 unspecified atom stereocenters. The number of nitrogens with one attached hydrogen (secondary N) is 2. The SMILES string of the molecule is O=C(NCCc1cnc[nH]1)OCC1c2ccccc2-c2ccccc21. The Hall–Kier alpha value is -3.08. The van der Waals surface area contributed by atoms with E-state index in [1.54, 1.807) is 12.5 Å². The van der Waals surface area contributed by atoms with Crippen molar-refractivity contribution >= 4 is 6.09 Å². The number of amides is 1. The molecule has 5 heteroatoms. The second kappa shape index (κ2) is 6.81. The summed E-state index contributed by atoms with van der Waals surface area (Å²) in [6.07, 6.45) is 3.69. The highest BCUT2D eigenvalue weighted by Gasteiger charge is 2.28. The zero-order valence-electron chi connectivity index (χ0n) is 13.7. The topological polar surface area (TPSA) is 67.0 Å². The standard InChI is InChI=1S/C20H19N3O2/c24-20(22-10-9-14-11-21-13-23-14)25-12-19-17-7-3-1-5-15(17)16-6-2-4-8-18(16)19/h1-8,11,13,19H,9-10,12H2,(H,21,23)(H,22,24). The van der Waals surface area contributed by atoms with Crippen molar-refractivity contribution in [3.05, 3.63) is 77.9 Å². The molecule has 25 heavy (non-hydrogen) atoms. The molecule has 0 radical (unpaired) electrons. The minimum atomic E-state index is -0.388. The van der Waals surface area contributed by atoms with Crippen LogP contribution in [-0.2, 0) is 11.2 Å². The van der Waals surface area contributed by atoms with Gasteiger partial charge in [-0.25, -0.2) is 9.78 Å². The molecule has 0 bridgehead atoms. The van der Waals surface area contributed by atoms with Crippen LogP contribution in [-0.4, -0.2) is 29.2 Å². The average Bonchev–Trinajstić information content (AvgIpc) is 3.26. The molecule has 2 aromatic carbocycles. The van der Waals surface area contributed by atoms with Gasteiger partial charge in [0, 0.05) is 30.8 Å². The number of hydrogen-bond acceptors (Lipinski definition) is 3. The van der Waals surface area contributed by atoms with E-state index in [-0.39, 0.29) is 12.0 Å². The van der Waals surface area contributed by atoms with Crippen LogP contribution >= 0.6 is 0 Å². The summed E-state index contributed by atoms with van der Waals surface area (Å²) in [4.78, 5) is 19.0. The number of H-pyrrole nitrogens is 1. The summed E-state index contributed by atoms with van der Waals surface area (Å²) in [5.41, 5.74) is 5.87. The summed E-state index contributed by atoms with van der Waals surface area (Å²) in [5.74, 6) is 0.0887. The van der Waals surface area contributed by atoms with Gasteiger partial charge in [0.15, 0.2) is 0 Å². The first-order valence-electron chi connectivity index (χ1n) is 8.39. The second-order valence-corrected chi connectivity index (χ2v) is 6.08. The quantitative estimate of drug-likeness (QED) is 0.751. The Labute approximate surface area is 146 Å². The molecule has 1 aromatic heterocycles. The maximum Gasteiger partial charge on any atom is 0.407 e. The Bertz CT molecular complexity index is 829. The fraction of sp³-hybridized carbons (Fsp3) is 0.200. The molecule has 0 fully saturated rings. The first-order valence-corrected chi connectivity index (χ1v) is 8.39. The van der Waals surface area contributed by atoms with E-state index >= 15 is 0 Å². The molecular formula is C20H19N3O2. The van der Waals surface area contributed by atoms with Crippen LogP contribution in [0, 0.1) is 0 Å². The lowest BCUT2D eigenvalue weighted by molar-refractivity contribution is 0.143. The average molecular weight is 333 g/mol. The van der Waals surface area contributed by atoms with Crippen molar-refractivity contribution in [3.8, 4) is 11.1 Å². The highest BCUT2D eigenvalue weighted by atomic mass is 16.5. The summed E-state index contributed by atoms with van der Waals surface area (Å²) in [6, 6.07) is 16.6. The van der Waals surface area contributed by atoms with Crippen LogP contribution in [0.5, 0.6) is 0 Å². The molecule has 0 saturated heterocycles. The zero-order chi connectivity index (χ0) is 17.1. The van der Waals surface area contributed by atoms with E-state index in [9.17, 15) is 4.79 Å². The Balaban J connectivity index is 1.38. The first-order chi connectivity index (χ1) is 12.3. The molecule has 1 amide bonds. The van der Waals surface area contributed by atoms with E-state index in [0.29, 0.717) is 19.6 Å². The number of nitrogens with zero attached hydrogens (tertiary/aromatic N) is 1. The highest BCUT2D eigenvalue weighted by Crippen LogP contribution is 2.44. The number of ether oxygens (including phenoxy) is 1. The number of rotatable bonds is 5. The summed E-state index contributed by atoms with van der Waals surface area (Å²) >= 11 is 0. The van der Waals surface area contributed by atoms with Gasteiger partial charge < -0.3 is 15.0 Å². The van der Waals surface area contributed by atoms with Gasteiger partial charge in [-0.2, -0.15) is 0 Å². The van der Waals surface area contributed by atoms with E-state index in [1.165, 1.54) is 22.3 Å². The number of aromatic amines is 1. The lowest BCUT2D eigenvalue weighted by atomic mass is 9.98. The molecule has 0 atom stereocenters. The van der Waals surface area contributed by atoms with Gasteiger partial charge in [-0.05, 0) is 22.3 Å². The number of alkyl carbamates (subject to hydrolysis) is 1. The molecule has 4 rings (SSSR count). The minimum absolute atomic E-state index is 0.0887. The van der Waals surface area contributed by atoms with Gasteiger partial charge in [-0.1, -0.05) is 48.5 Å². The molecule has 1 aliphatic rings. The monoisotopic (exact) mass is 333 g/mol. The van der Waals surface area contributed by atoms with Gasteiger partial charge in [0.1, 0.15) is 6.61 Å². The third kappa shape index (κ3) is 3.13. The Morgan fingerprint density at radius 1 is 1.08 bits per heavy atom. The molecule has 1 heterocycles. The predicted octanol–water partition coefficient (Wildman–Crippen LogP) is 3.49.